The zero-order valence-corrected chi connectivity index (χ0v) is 11.6. The van der Waals surface area contributed by atoms with Crippen LogP contribution in [0, 0.1) is 11.8 Å². The van der Waals surface area contributed by atoms with Crippen molar-refractivity contribution < 1.29 is 4.79 Å². The van der Waals surface area contributed by atoms with Gasteiger partial charge in [-0.1, -0.05) is 13.0 Å². The molecule has 1 aliphatic heterocycles. The van der Waals surface area contributed by atoms with Gasteiger partial charge >= 0.3 is 0 Å². The molecular weight excluding hydrogens is 236 g/mol. The Morgan fingerprint density at radius 1 is 1.26 bits per heavy atom. The Morgan fingerprint density at radius 3 is 2.74 bits per heavy atom. The zero-order chi connectivity index (χ0) is 13.4. The van der Waals surface area contributed by atoms with Crippen molar-refractivity contribution in [3.63, 3.8) is 0 Å². The Morgan fingerprint density at radius 2 is 2.00 bits per heavy atom. The molecule has 0 radical (unpaired) electrons. The third kappa shape index (κ3) is 2.34. The van der Waals surface area contributed by atoms with Crippen LogP contribution in [0.2, 0.25) is 0 Å². The molecule has 2 N–H and O–H groups in total. The van der Waals surface area contributed by atoms with Gasteiger partial charge in [-0.2, -0.15) is 0 Å². The first kappa shape index (κ1) is 12.5. The number of fused-ring (bicyclic) bond motifs is 1. The molecule has 0 aromatic heterocycles. The van der Waals surface area contributed by atoms with E-state index in [1.54, 1.807) is 0 Å². The van der Waals surface area contributed by atoms with E-state index in [1.165, 1.54) is 18.4 Å². The fourth-order valence-electron chi connectivity index (χ4n) is 3.35. The highest BCUT2D eigenvalue weighted by molar-refractivity contribution is 5.97. The second-order valence-electron chi connectivity index (χ2n) is 6.08. The van der Waals surface area contributed by atoms with E-state index in [-0.39, 0.29) is 5.92 Å². The Labute approximate surface area is 114 Å². The summed E-state index contributed by atoms with van der Waals surface area (Å²) in [5.74, 6) is 1.32. The van der Waals surface area contributed by atoms with E-state index in [9.17, 15) is 4.79 Å². The van der Waals surface area contributed by atoms with Gasteiger partial charge in [-0.25, -0.2) is 0 Å². The van der Waals surface area contributed by atoms with Crippen LogP contribution in [0.5, 0.6) is 0 Å². The summed E-state index contributed by atoms with van der Waals surface area (Å²) in [5.41, 5.74) is 8.90. The minimum Gasteiger partial charge on any atom is -0.399 e. The lowest BCUT2D eigenvalue weighted by Crippen LogP contribution is -2.36. The number of anilines is 2. The summed E-state index contributed by atoms with van der Waals surface area (Å²) in [7, 11) is 0. The summed E-state index contributed by atoms with van der Waals surface area (Å²) in [6, 6.07) is 5.93. The van der Waals surface area contributed by atoms with Crippen molar-refractivity contribution in [2.45, 2.75) is 39.0 Å². The van der Waals surface area contributed by atoms with Gasteiger partial charge in [-0.3, -0.25) is 4.79 Å². The van der Waals surface area contributed by atoms with Gasteiger partial charge in [0.25, 0.3) is 0 Å². The van der Waals surface area contributed by atoms with E-state index < -0.39 is 0 Å². The average Bonchev–Trinajstić information content (AvgIpc) is 2.81. The Bertz CT molecular complexity index is 490. The molecule has 0 bridgehead atoms. The summed E-state index contributed by atoms with van der Waals surface area (Å²) >= 11 is 0. The zero-order valence-electron chi connectivity index (χ0n) is 11.6. The number of hydrogen-bond acceptors (Lipinski definition) is 2. The van der Waals surface area contributed by atoms with E-state index in [0.29, 0.717) is 5.91 Å². The number of nitrogen functional groups attached to an aromatic ring is 1. The molecular formula is C16H22N2O. The number of nitrogens with two attached hydrogens (primary N) is 1. The molecule has 1 aromatic rings. The van der Waals surface area contributed by atoms with Gasteiger partial charge in [0.15, 0.2) is 0 Å². The van der Waals surface area contributed by atoms with E-state index in [2.05, 4.69) is 13.0 Å². The first-order chi connectivity index (χ1) is 9.15. The number of hydrogen-bond donors (Lipinski definition) is 1. The molecule has 3 rings (SSSR count). The van der Waals surface area contributed by atoms with Crippen molar-refractivity contribution in [2.75, 3.05) is 17.2 Å². The predicted octanol–water partition coefficient (Wildman–Crippen LogP) is 2.98. The van der Waals surface area contributed by atoms with Crippen LogP contribution in [-0.4, -0.2) is 12.5 Å². The molecule has 1 fully saturated rings. The summed E-state index contributed by atoms with van der Waals surface area (Å²) in [6.45, 7) is 3.11. The van der Waals surface area contributed by atoms with Gasteiger partial charge in [-0.15, -0.1) is 0 Å². The summed E-state index contributed by atoms with van der Waals surface area (Å²) in [6.07, 6.45) is 5.44. The van der Waals surface area contributed by atoms with Crippen LogP contribution in [0.4, 0.5) is 11.4 Å². The van der Waals surface area contributed by atoms with Crippen molar-refractivity contribution >= 4 is 17.3 Å². The molecule has 1 aromatic carbocycles. The largest absolute Gasteiger partial charge is 0.399 e. The van der Waals surface area contributed by atoms with Crippen LogP contribution < -0.4 is 10.6 Å². The molecule has 1 aliphatic carbocycles. The maximum atomic E-state index is 12.7. The van der Waals surface area contributed by atoms with Crippen molar-refractivity contribution in [1.82, 2.24) is 0 Å². The standard InChI is InChI=1S/C16H22N2O/c1-11-2-4-13(5-3-11)16(19)18-9-8-12-6-7-14(17)10-15(12)18/h6-7,10-11,13H,2-5,8-9,17H2,1H3. The van der Waals surface area contributed by atoms with Gasteiger partial charge in [0, 0.05) is 23.8 Å². The molecule has 2 aliphatic rings. The van der Waals surface area contributed by atoms with Gasteiger partial charge in [-0.05, 0) is 55.7 Å². The highest BCUT2D eigenvalue weighted by atomic mass is 16.2. The Kier molecular flexibility index (Phi) is 3.21. The molecule has 102 valence electrons. The molecule has 3 heteroatoms. The van der Waals surface area contributed by atoms with Crippen molar-refractivity contribution in [2.24, 2.45) is 11.8 Å². The summed E-state index contributed by atoms with van der Waals surface area (Å²) < 4.78 is 0. The number of amides is 1. The van der Waals surface area contributed by atoms with E-state index >= 15 is 0 Å². The smallest absolute Gasteiger partial charge is 0.230 e. The normalized spacial score (nSPS) is 26.3. The molecule has 0 spiro atoms. The SMILES string of the molecule is CC1CCC(C(=O)N2CCc3ccc(N)cc32)CC1. The van der Waals surface area contributed by atoms with Crippen molar-refractivity contribution in [1.29, 1.82) is 0 Å². The molecule has 1 saturated carbocycles. The van der Waals surface area contributed by atoms with Gasteiger partial charge in [0.05, 0.1) is 0 Å². The highest BCUT2D eigenvalue weighted by Crippen LogP contribution is 2.35. The molecule has 0 saturated heterocycles. The first-order valence-corrected chi connectivity index (χ1v) is 7.35. The molecule has 3 nitrogen and oxygen atoms in total. The highest BCUT2D eigenvalue weighted by Gasteiger charge is 2.32. The van der Waals surface area contributed by atoms with Gasteiger partial charge in [0.1, 0.15) is 0 Å². The number of nitrogens with zero attached hydrogens (tertiary/aromatic N) is 1. The maximum absolute atomic E-state index is 12.7. The number of benzene rings is 1. The molecule has 0 unspecified atom stereocenters. The van der Waals surface area contributed by atoms with Crippen LogP contribution in [0.1, 0.15) is 38.2 Å². The molecule has 1 heterocycles. The third-order valence-corrected chi connectivity index (χ3v) is 4.64. The fraction of sp³-hybridized carbons (Fsp3) is 0.562. The molecule has 1 amide bonds. The Hall–Kier alpha value is -1.51. The second-order valence-corrected chi connectivity index (χ2v) is 6.08. The lowest BCUT2D eigenvalue weighted by atomic mass is 9.82. The van der Waals surface area contributed by atoms with Crippen LogP contribution in [0.15, 0.2) is 18.2 Å². The van der Waals surface area contributed by atoms with Crippen molar-refractivity contribution in [3.05, 3.63) is 23.8 Å². The molecule has 0 atom stereocenters. The van der Waals surface area contributed by atoms with E-state index in [1.807, 2.05) is 17.0 Å². The summed E-state index contributed by atoms with van der Waals surface area (Å²) in [4.78, 5) is 14.6. The summed E-state index contributed by atoms with van der Waals surface area (Å²) in [5, 5.41) is 0. The maximum Gasteiger partial charge on any atom is 0.230 e. The third-order valence-electron chi connectivity index (χ3n) is 4.64. The second kappa shape index (κ2) is 4.87. The quantitative estimate of drug-likeness (QED) is 0.787. The monoisotopic (exact) mass is 258 g/mol. The van der Waals surface area contributed by atoms with Crippen LogP contribution in [-0.2, 0) is 11.2 Å². The Balaban J connectivity index is 1.78. The van der Waals surface area contributed by atoms with Crippen LogP contribution >= 0.6 is 0 Å². The van der Waals surface area contributed by atoms with Crippen LogP contribution in [0.3, 0.4) is 0 Å². The van der Waals surface area contributed by atoms with Gasteiger partial charge in [0.2, 0.25) is 5.91 Å². The lowest BCUT2D eigenvalue weighted by Gasteiger charge is -2.29. The number of rotatable bonds is 1. The topological polar surface area (TPSA) is 46.3 Å². The van der Waals surface area contributed by atoms with E-state index in [4.69, 9.17) is 5.73 Å². The fourth-order valence-corrected chi connectivity index (χ4v) is 3.35. The number of carbonyl (C=O) groups excluding carboxylic acids is 1. The van der Waals surface area contributed by atoms with E-state index in [0.717, 1.165) is 43.1 Å². The van der Waals surface area contributed by atoms with Crippen LogP contribution in [0.25, 0.3) is 0 Å². The van der Waals surface area contributed by atoms with Gasteiger partial charge < -0.3 is 10.6 Å². The number of carbonyl (C=O) groups is 1. The van der Waals surface area contributed by atoms with Crippen molar-refractivity contribution in [3.8, 4) is 0 Å². The average molecular weight is 258 g/mol. The molecule has 19 heavy (non-hydrogen) atoms. The first-order valence-electron chi connectivity index (χ1n) is 7.35. The predicted molar refractivity (Wildman–Crippen MR) is 78.0 cm³/mol. The lowest BCUT2D eigenvalue weighted by molar-refractivity contribution is -0.123. The minimum atomic E-state index is 0.226. The minimum absolute atomic E-state index is 0.226.